The van der Waals surface area contributed by atoms with Crippen molar-refractivity contribution in [3.63, 3.8) is 0 Å². The normalized spacial score (nSPS) is 13.2. The van der Waals surface area contributed by atoms with Crippen LogP contribution in [-0.4, -0.2) is 8.42 Å². The number of rotatable bonds is 4. The first kappa shape index (κ1) is 14.2. The quantitative estimate of drug-likeness (QED) is 0.663. The fourth-order valence-corrected chi connectivity index (χ4v) is 3.44. The van der Waals surface area contributed by atoms with E-state index < -0.39 is 15.4 Å². The third-order valence-corrected chi connectivity index (χ3v) is 5.08. The maximum atomic E-state index is 12.1. The van der Waals surface area contributed by atoms with Crippen molar-refractivity contribution in [1.29, 1.82) is 0 Å². The molecule has 2 aromatic carbocycles. The Morgan fingerprint density at radius 1 is 1.00 bits per heavy atom. The first-order chi connectivity index (χ1) is 9.06. The van der Waals surface area contributed by atoms with Crippen LogP contribution in [0.3, 0.4) is 0 Å². The second-order valence-corrected chi connectivity index (χ2v) is 6.30. The minimum atomic E-state index is -3.84. The molecule has 0 aliphatic rings. The Kier molecular flexibility index (Phi) is 4.38. The maximum absolute atomic E-state index is 12.1. The molecule has 2 aromatic rings. The van der Waals surface area contributed by atoms with Crippen LogP contribution in [0.1, 0.15) is 16.4 Å². The first-order valence-corrected chi connectivity index (χ1v) is 7.57. The standard InChI is InChI=1S/C13H13NO3S.Pd/c14-12-9-5-4-8-11(12)13(18(15,16)17)10-6-2-1-3-7-10;/h1-9,13H,14H2,(H,15,16,17);/q;+1/p-1. The van der Waals surface area contributed by atoms with E-state index in [4.69, 9.17) is 5.73 Å². The van der Waals surface area contributed by atoms with E-state index in [-0.39, 0.29) is 0 Å². The Hall–Kier alpha value is -1.19. The van der Waals surface area contributed by atoms with E-state index in [1.807, 2.05) is 6.07 Å². The molecular weight excluding hydrogens is 357 g/mol. The van der Waals surface area contributed by atoms with Crippen molar-refractivity contribution in [1.82, 2.24) is 0 Å². The molecule has 2 N–H and O–H groups in total. The minimum absolute atomic E-state index is 0.411. The molecule has 0 aliphatic heterocycles. The van der Waals surface area contributed by atoms with E-state index in [9.17, 15) is 8.42 Å². The van der Waals surface area contributed by atoms with Crippen molar-refractivity contribution >= 4 is 15.8 Å². The van der Waals surface area contributed by atoms with Crippen molar-refractivity contribution in [2.45, 2.75) is 5.25 Å². The monoisotopic (exact) mass is 368 g/mol. The van der Waals surface area contributed by atoms with Gasteiger partial charge in [-0.1, -0.05) is 0 Å². The van der Waals surface area contributed by atoms with Crippen LogP contribution in [0.5, 0.6) is 0 Å². The zero-order valence-electron chi connectivity index (χ0n) is 9.80. The molecule has 19 heavy (non-hydrogen) atoms. The van der Waals surface area contributed by atoms with Gasteiger partial charge in [-0.3, -0.25) is 0 Å². The summed E-state index contributed by atoms with van der Waals surface area (Å²) < 4.78 is 28.8. The number of hydrogen-bond donors (Lipinski definition) is 1. The Morgan fingerprint density at radius 3 is 2.16 bits per heavy atom. The van der Waals surface area contributed by atoms with Crippen molar-refractivity contribution in [3.8, 4) is 0 Å². The predicted molar refractivity (Wildman–Crippen MR) is 69.1 cm³/mol. The zero-order chi connectivity index (χ0) is 13.9. The van der Waals surface area contributed by atoms with E-state index in [0.29, 0.717) is 16.8 Å². The van der Waals surface area contributed by atoms with Crippen molar-refractivity contribution in [3.05, 3.63) is 65.7 Å². The van der Waals surface area contributed by atoms with Crippen LogP contribution in [0.25, 0.3) is 0 Å². The first-order valence-electron chi connectivity index (χ1n) is 5.47. The van der Waals surface area contributed by atoms with Gasteiger partial charge in [-0.05, 0) is 0 Å². The molecule has 0 heterocycles. The fourth-order valence-electron chi connectivity index (χ4n) is 1.91. The SMILES string of the molecule is Nc1ccccc1C(c1ccccc1)S(=O)(=O)[O][Pd]. The average molecular weight is 369 g/mol. The number of benzene rings is 2. The summed E-state index contributed by atoms with van der Waals surface area (Å²) in [5, 5.41) is -0.954. The van der Waals surface area contributed by atoms with Crippen molar-refractivity contribution in [2.24, 2.45) is 0 Å². The Bertz CT molecular complexity index is 659. The van der Waals surface area contributed by atoms with Gasteiger partial charge in [-0.25, -0.2) is 0 Å². The number of hydrogen-bond acceptors (Lipinski definition) is 4. The molecular formula is C13H12NO3PdS. The van der Waals surface area contributed by atoms with Crippen molar-refractivity contribution in [2.75, 3.05) is 5.73 Å². The van der Waals surface area contributed by atoms with Crippen LogP contribution < -0.4 is 5.73 Å². The van der Waals surface area contributed by atoms with E-state index >= 15 is 0 Å². The summed E-state index contributed by atoms with van der Waals surface area (Å²) in [4.78, 5) is 0. The van der Waals surface area contributed by atoms with E-state index in [0.717, 1.165) is 0 Å². The number of anilines is 1. The molecule has 0 fully saturated rings. The van der Waals surface area contributed by atoms with Gasteiger partial charge in [0.2, 0.25) is 0 Å². The molecule has 0 aromatic heterocycles. The van der Waals surface area contributed by atoms with Gasteiger partial charge < -0.3 is 0 Å². The molecule has 0 aliphatic carbocycles. The Morgan fingerprint density at radius 2 is 1.58 bits per heavy atom. The number of nitrogens with two attached hydrogens (primary N) is 1. The molecule has 0 amide bonds. The van der Waals surface area contributed by atoms with Crippen LogP contribution in [-0.2, 0) is 32.6 Å². The van der Waals surface area contributed by atoms with Gasteiger partial charge >= 0.3 is 123 Å². The summed E-state index contributed by atoms with van der Waals surface area (Å²) in [5.41, 5.74) is 7.39. The summed E-state index contributed by atoms with van der Waals surface area (Å²) >= 11 is 2.28. The number of nitrogen functional groups attached to an aromatic ring is 1. The van der Waals surface area contributed by atoms with Gasteiger partial charge in [-0.2, -0.15) is 0 Å². The van der Waals surface area contributed by atoms with E-state index in [2.05, 4.69) is 22.5 Å². The van der Waals surface area contributed by atoms with Crippen LogP contribution >= 0.6 is 0 Å². The summed E-state index contributed by atoms with van der Waals surface area (Å²) in [6, 6.07) is 15.7. The molecule has 0 spiro atoms. The second-order valence-electron chi connectivity index (χ2n) is 3.97. The molecule has 0 saturated carbocycles. The van der Waals surface area contributed by atoms with Gasteiger partial charge in [0.15, 0.2) is 0 Å². The van der Waals surface area contributed by atoms with E-state index in [1.165, 1.54) is 0 Å². The van der Waals surface area contributed by atoms with Gasteiger partial charge in [0, 0.05) is 0 Å². The van der Waals surface area contributed by atoms with Crippen LogP contribution in [0, 0.1) is 0 Å². The number of para-hydroxylation sites is 1. The van der Waals surface area contributed by atoms with Crippen LogP contribution in [0.4, 0.5) is 5.69 Å². The van der Waals surface area contributed by atoms with Gasteiger partial charge in [0.05, 0.1) is 0 Å². The van der Waals surface area contributed by atoms with Gasteiger partial charge in [0.1, 0.15) is 0 Å². The zero-order valence-corrected chi connectivity index (χ0v) is 12.2. The predicted octanol–water partition coefficient (Wildman–Crippen LogP) is 2.17. The van der Waals surface area contributed by atoms with Crippen LogP contribution in [0.15, 0.2) is 54.6 Å². The second kappa shape index (κ2) is 5.85. The molecule has 0 saturated heterocycles. The third-order valence-electron chi connectivity index (χ3n) is 2.74. The third kappa shape index (κ3) is 3.04. The molecule has 0 radical (unpaired) electrons. The molecule has 6 heteroatoms. The Balaban J connectivity index is 2.64. The van der Waals surface area contributed by atoms with Crippen molar-refractivity contribution < 1.29 is 30.9 Å². The fraction of sp³-hybridized carbons (Fsp3) is 0.0769. The molecule has 1 unspecified atom stereocenters. The Labute approximate surface area is 123 Å². The topological polar surface area (TPSA) is 69.4 Å². The molecule has 103 valence electrons. The summed E-state index contributed by atoms with van der Waals surface area (Å²) in [6.07, 6.45) is 0. The van der Waals surface area contributed by atoms with E-state index in [1.54, 1.807) is 48.5 Å². The summed E-state index contributed by atoms with van der Waals surface area (Å²) in [5.74, 6) is 0. The average Bonchev–Trinajstić information content (AvgIpc) is 2.42. The molecule has 0 bridgehead atoms. The summed E-state index contributed by atoms with van der Waals surface area (Å²) in [7, 11) is -3.84. The van der Waals surface area contributed by atoms with Gasteiger partial charge in [0.25, 0.3) is 0 Å². The summed E-state index contributed by atoms with van der Waals surface area (Å²) in [6.45, 7) is 0. The van der Waals surface area contributed by atoms with Crippen LogP contribution in [0.2, 0.25) is 0 Å². The molecule has 4 nitrogen and oxygen atoms in total. The molecule has 1 atom stereocenters. The molecule has 2 rings (SSSR count). The van der Waals surface area contributed by atoms with Gasteiger partial charge in [-0.15, -0.1) is 0 Å².